The summed E-state index contributed by atoms with van der Waals surface area (Å²) in [7, 11) is 0. The quantitative estimate of drug-likeness (QED) is 0.913. The Morgan fingerprint density at radius 3 is 2.55 bits per heavy atom. The van der Waals surface area contributed by atoms with Crippen LogP contribution in [0.15, 0.2) is 12.1 Å². The van der Waals surface area contributed by atoms with Crippen molar-refractivity contribution in [3.8, 4) is 0 Å². The zero-order chi connectivity index (χ0) is 14.7. The third-order valence-corrected chi connectivity index (χ3v) is 4.22. The monoisotopic (exact) mass is 278 g/mol. The van der Waals surface area contributed by atoms with E-state index >= 15 is 0 Å². The van der Waals surface area contributed by atoms with Crippen LogP contribution in [-0.2, 0) is 6.54 Å². The van der Waals surface area contributed by atoms with Crippen molar-refractivity contribution in [3.05, 3.63) is 34.6 Å². The fourth-order valence-corrected chi connectivity index (χ4v) is 3.00. The van der Waals surface area contributed by atoms with E-state index < -0.39 is 0 Å². The summed E-state index contributed by atoms with van der Waals surface area (Å²) >= 11 is 0. The molecule has 0 radical (unpaired) electrons. The fourth-order valence-electron chi connectivity index (χ4n) is 3.00. The van der Waals surface area contributed by atoms with Crippen LogP contribution in [0.25, 0.3) is 0 Å². The van der Waals surface area contributed by atoms with Crippen LogP contribution < -0.4 is 5.32 Å². The smallest absolute Gasteiger partial charge is 0.129 e. The molecule has 0 spiro atoms. The van der Waals surface area contributed by atoms with E-state index in [1.807, 2.05) is 26.0 Å². The maximum Gasteiger partial charge on any atom is 0.129 e. The van der Waals surface area contributed by atoms with E-state index in [0.29, 0.717) is 12.0 Å². The molecule has 1 heterocycles. The molecule has 2 nitrogen and oxygen atoms in total. The van der Waals surface area contributed by atoms with Crippen LogP contribution in [0.4, 0.5) is 4.39 Å². The lowest BCUT2D eigenvalue weighted by molar-refractivity contribution is 0.238. The van der Waals surface area contributed by atoms with Crippen molar-refractivity contribution in [3.63, 3.8) is 0 Å². The van der Waals surface area contributed by atoms with Crippen LogP contribution in [0.1, 0.15) is 37.0 Å². The number of hydrogen-bond acceptors (Lipinski definition) is 2. The van der Waals surface area contributed by atoms with Crippen LogP contribution in [0.3, 0.4) is 0 Å². The van der Waals surface area contributed by atoms with Crippen molar-refractivity contribution in [2.24, 2.45) is 5.92 Å². The van der Waals surface area contributed by atoms with Gasteiger partial charge in [0.1, 0.15) is 5.82 Å². The molecule has 2 rings (SSSR count). The zero-order valence-electron chi connectivity index (χ0n) is 13.2. The zero-order valence-corrected chi connectivity index (χ0v) is 13.2. The molecule has 112 valence electrons. The van der Waals surface area contributed by atoms with Gasteiger partial charge >= 0.3 is 0 Å². The molecule has 0 aliphatic carbocycles. The van der Waals surface area contributed by atoms with Crippen molar-refractivity contribution in [1.82, 2.24) is 10.2 Å². The summed E-state index contributed by atoms with van der Waals surface area (Å²) in [6, 6.07) is 4.54. The largest absolute Gasteiger partial charge is 0.312 e. The second-order valence-corrected chi connectivity index (χ2v) is 6.44. The predicted octanol–water partition coefficient (Wildman–Crippen LogP) is 3.26. The third-order valence-electron chi connectivity index (χ3n) is 4.22. The number of rotatable bonds is 3. The standard InChI is InChI=1S/C17H27FN2/c1-12(2)16-11-20(7-5-6-19-16)10-15-8-13(3)17(18)14(4)9-15/h8-9,12,16,19H,5-7,10-11H2,1-4H3. The minimum Gasteiger partial charge on any atom is -0.312 e. The highest BCUT2D eigenvalue weighted by Crippen LogP contribution is 2.18. The van der Waals surface area contributed by atoms with Crippen molar-refractivity contribution in [2.75, 3.05) is 19.6 Å². The summed E-state index contributed by atoms with van der Waals surface area (Å²) in [6.45, 7) is 12.5. The van der Waals surface area contributed by atoms with Gasteiger partial charge in [0.05, 0.1) is 0 Å². The van der Waals surface area contributed by atoms with E-state index in [1.165, 1.54) is 12.0 Å². The number of benzene rings is 1. The number of nitrogens with zero attached hydrogens (tertiary/aromatic N) is 1. The molecule has 1 aromatic carbocycles. The first-order valence-corrected chi connectivity index (χ1v) is 7.68. The Bertz CT molecular complexity index is 433. The van der Waals surface area contributed by atoms with E-state index in [9.17, 15) is 4.39 Å². The van der Waals surface area contributed by atoms with E-state index in [1.54, 1.807) is 0 Å². The molecule has 1 N–H and O–H groups in total. The Hall–Kier alpha value is -0.930. The summed E-state index contributed by atoms with van der Waals surface area (Å²) in [5, 5.41) is 3.63. The normalized spacial score (nSPS) is 21.2. The molecule has 0 aromatic heterocycles. The Balaban J connectivity index is 2.08. The van der Waals surface area contributed by atoms with Crippen molar-refractivity contribution < 1.29 is 4.39 Å². The summed E-state index contributed by atoms with van der Waals surface area (Å²) in [5.74, 6) is 0.582. The van der Waals surface area contributed by atoms with E-state index in [2.05, 4.69) is 24.1 Å². The maximum atomic E-state index is 13.7. The molecule has 0 saturated carbocycles. The summed E-state index contributed by atoms with van der Waals surface area (Å²) in [4.78, 5) is 2.50. The highest BCUT2D eigenvalue weighted by Gasteiger charge is 2.20. The molecule has 3 heteroatoms. The molecule has 1 fully saturated rings. The van der Waals surface area contributed by atoms with Crippen molar-refractivity contribution >= 4 is 0 Å². The van der Waals surface area contributed by atoms with Gasteiger partial charge in [0.15, 0.2) is 0 Å². The predicted molar refractivity (Wildman–Crippen MR) is 82.4 cm³/mol. The molecule has 0 bridgehead atoms. The molecule has 20 heavy (non-hydrogen) atoms. The van der Waals surface area contributed by atoms with Gasteiger partial charge in [-0.05, 0) is 56.0 Å². The van der Waals surface area contributed by atoms with Gasteiger partial charge in [-0.3, -0.25) is 4.90 Å². The summed E-state index contributed by atoms with van der Waals surface area (Å²) < 4.78 is 13.7. The maximum absolute atomic E-state index is 13.7. The van der Waals surface area contributed by atoms with Gasteiger partial charge in [0, 0.05) is 19.1 Å². The highest BCUT2D eigenvalue weighted by atomic mass is 19.1. The molecule has 1 aliphatic rings. The molecule has 0 amide bonds. The van der Waals surface area contributed by atoms with Gasteiger partial charge in [0.2, 0.25) is 0 Å². The Labute approximate surface area is 122 Å². The second kappa shape index (κ2) is 6.68. The summed E-state index contributed by atoms with van der Waals surface area (Å²) in [5.41, 5.74) is 2.74. The first kappa shape index (κ1) is 15.5. The van der Waals surface area contributed by atoms with Crippen LogP contribution in [0.2, 0.25) is 0 Å². The summed E-state index contributed by atoms with van der Waals surface area (Å²) in [6.07, 6.45) is 1.18. The fraction of sp³-hybridized carbons (Fsp3) is 0.647. The van der Waals surface area contributed by atoms with E-state index in [4.69, 9.17) is 0 Å². The Kier molecular flexibility index (Phi) is 5.17. The lowest BCUT2D eigenvalue weighted by atomic mass is 10.0. The first-order chi connectivity index (χ1) is 9.47. The SMILES string of the molecule is Cc1cc(CN2CCCNC(C(C)C)C2)cc(C)c1F. The van der Waals surface area contributed by atoms with Crippen LogP contribution >= 0.6 is 0 Å². The van der Waals surface area contributed by atoms with Crippen molar-refractivity contribution in [1.29, 1.82) is 0 Å². The molecule has 1 aliphatic heterocycles. The molecular weight excluding hydrogens is 251 g/mol. The van der Waals surface area contributed by atoms with Crippen LogP contribution in [-0.4, -0.2) is 30.6 Å². The first-order valence-electron chi connectivity index (χ1n) is 7.68. The molecule has 1 saturated heterocycles. The van der Waals surface area contributed by atoms with Crippen LogP contribution in [0.5, 0.6) is 0 Å². The number of halogens is 1. The topological polar surface area (TPSA) is 15.3 Å². The van der Waals surface area contributed by atoms with Crippen molar-refractivity contribution in [2.45, 2.75) is 46.7 Å². The van der Waals surface area contributed by atoms with E-state index in [-0.39, 0.29) is 5.82 Å². The lowest BCUT2D eigenvalue weighted by Gasteiger charge is -2.27. The lowest BCUT2D eigenvalue weighted by Crippen LogP contribution is -2.41. The minimum atomic E-state index is -0.0636. The average molecular weight is 278 g/mol. The molecule has 1 atom stereocenters. The van der Waals surface area contributed by atoms with Gasteiger partial charge in [-0.25, -0.2) is 4.39 Å². The second-order valence-electron chi connectivity index (χ2n) is 6.44. The molecule has 1 aromatic rings. The highest BCUT2D eigenvalue weighted by molar-refractivity contribution is 5.30. The number of aryl methyl sites for hydroxylation is 2. The number of nitrogens with one attached hydrogen (secondary N) is 1. The Morgan fingerprint density at radius 1 is 1.30 bits per heavy atom. The molecule has 1 unspecified atom stereocenters. The van der Waals surface area contributed by atoms with Crippen LogP contribution in [0, 0.1) is 25.6 Å². The van der Waals surface area contributed by atoms with Gasteiger partial charge in [0.25, 0.3) is 0 Å². The Morgan fingerprint density at radius 2 is 1.95 bits per heavy atom. The van der Waals surface area contributed by atoms with Gasteiger partial charge in [-0.15, -0.1) is 0 Å². The van der Waals surface area contributed by atoms with E-state index in [0.717, 1.165) is 37.3 Å². The third kappa shape index (κ3) is 3.80. The van der Waals surface area contributed by atoms with Gasteiger partial charge in [-0.1, -0.05) is 26.0 Å². The molecular formula is C17H27FN2. The minimum absolute atomic E-state index is 0.0636. The van der Waals surface area contributed by atoms with Gasteiger partial charge in [-0.2, -0.15) is 0 Å². The number of hydrogen-bond donors (Lipinski definition) is 1. The van der Waals surface area contributed by atoms with Gasteiger partial charge < -0.3 is 5.32 Å². The average Bonchev–Trinajstić information content (AvgIpc) is 2.61.